The maximum atomic E-state index is 11.7. The zero-order valence-corrected chi connectivity index (χ0v) is 10.9. The smallest absolute Gasteiger partial charge is 0.187 e. The lowest BCUT2D eigenvalue weighted by molar-refractivity contribution is 0.199. The minimum atomic E-state index is -3.10. The third-order valence-corrected chi connectivity index (χ3v) is 5.62. The number of hydrogen-bond acceptors (Lipinski definition) is 4. The molecule has 6 heteroatoms. The molecule has 1 rings (SSSR count). The van der Waals surface area contributed by atoms with Crippen LogP contribution in [0.4, 0.5) is 0 Å². The van der Waals surface area contributed by atoms with E-state index in [0.717, 1.165) is 3.79 Å². The second-order valence-electron chi connectivity index (χ2n) is 2.72. The zero-order valence-electron chi connectivity index (χ0n) is 7.70. The van der Waals surface area contributed by atoms with Crippen molar-refractivity contribution in [2.45, 2.75) is 10.6 Å². The Labute approximate surface area is 96.1 Å². The predicted molar refractivity (Wildman–Crippen MR) is 60.6 cm³/mol. The van der Waals surface area contributed by atoms with E-state index in [1.54, 1.807) is 19.2 Å². The molecule has 1 aromatic rings. The van der Waals surface area contributed by atoms with Crippen molar-refractivity contribution in [3.8, 4) is 0 Å². The van der Waals surface area contributed by atoms with E-state index in [1.165, 1.54) is 11.3 Å². The van der Waals surface area contributed by atoms with E-state index in [0.29, 0.717) is 17.2 Å². The Morgan fingerprint density at radius 3 is 2.71 bits per heavy atom. The number of hydrogen-bond donors (Lipinski definition) is 0. The SMILES string of the molecule is COCCCS(=O)(=O)c1ccc(Br)s1. The second kappa shape index (κ2) is 5.25. The van der Waals surface area contributed by atoms with E-state index in [4.69, 9.17) is 4.74 Å². The standard InChI is InChI=1S/C8H11BrO3S2/c1-12-5-2-6-14(10,11)8-4-3-7(9)13-8/h3-4H,2,5-6H2,1H3. The van der Waals surface area contributed by atoms with Crippen molar-refractivity contribution in [1.82, 2.24) is 0 Å². The molecule has 0 N–H and O–H groups in total. The number of methoxy groups -OCH3 is 1. The summed E-state index contributed by atoms with van der Waals surface area (Å²) in [4.78, 5) is 0. The summed E-state index contributed by atoms with van der Waals surface area (Å²) in [5.41, 5.74) is 0. The van der Waals surface area contributed by atoms with Gasteiger partial charge in [-0.2, -0.15) is 0 Å². The summed E-state index contributed by atoms with van der Waals surface area (Å²) in [7, 11) is -1.54. The van der Waals surface area contributed by atoms with Gasteiger partial charge >= 0.3 is 0 Å². The molecule has 0 radical (unpaired) electrons. The number of halogens is 1. The summed E-state index contributed by atoms with van der Waals surface area (Å²) in [5.74, 6) is 0.147. The van der Waals surface area contributed by atoms with Crippen molar-refractivity contribution in [3.05, 3.63) is 15.9 Å². The first-order chi connectivity index (χ1) is 6.56. The van der Waals surface area contributed by atoms with Crippen LogP contribution in [0.25, 0.3) is 0 Å². The predicted octanol–water partition coefficient (Wildman–Crippen LogP) is 2.32. The van der Waals surface area contributed by atoms with Crippen LogP contribution < -0.4 is 0 Å². The number of thiophene rings is 1. The average molecular weight is 299 g/mol. The quantitative estimate of drug-likeness (QED) is 0.784. The van der Waals surface area contributed by atoms with Crippen molar-refractivity contribution in [2.75, 3.05) is 19.5 Å². The fourth-order valence-electron chi connectivity index (χ4n) is 0.959. The summed E-state index contributed by atoms with van der Waals surface area (Å²) in [6.45, 7) is 0.478. The van der Waals surface area contributed by atoms with Gasteiger partial charge < -0.3 is 4.74 Å². The molecule has 0 spiro atoms. The van der Waals surface area contributed by atoms with Gasteiger partial charge in [0.05, 0.1) is 9.54 Å². The van der Waals surface area contributed by atoms with Gasteiger partial charge in [0, 0.05) is 13.7 Å². The fraction of sp³-hybridized carbons (Fsp3) is 0.500. The van der Waals surface area contributed by atoms with E-state index in [2.05, 4.69) is 15.9 Å². The highest BCUT2D eigenvalue weighted by Crippen LogP contribution is 2.26. The zero-order chi connectivity index (χ0) is 10.6. The van der Waals surface area contributed by atoms with Crippen LogP contribution in [0.1, 0.15) is 6.42 Å². The minimum absolute atomic E-state index is 0.147. The first-order valence-corrected chi connectivity index (χ1v) is 7.29. The molecule has 0 aromatic carbocycles. The van der Waals surface area contributed by atoms with Crippen molar-refractivity contribution < 1.29 is 13.2 Å². The molecule has 1 aromatic heterocycles. The normalized spacial score (nSPS) is 11.9. The number of ether oxygens (including phenoxy) is 1. The van der Waals surface area contributed by atoms with Crippen LogP contribution in [0.3, 0.4) is 0 Å². The lowest BCUT2D eigenvalue weighted by atomic mass is 10.5. The molecule has 0 aliphatic heterocycles. The molecule has 0 aliphatic rings. The summed E-state index contributed by atoms with van der Waals surface area (Å²) in [5, 5.41) is 0. The molecule has 0 unspecified atom stereocenters. The van der Waals surface area contributed by atoms with Crippen LogP contribution in [0.15, 0.2) is 20.1 Å². The molecule has 80 valence electrons. The Kier molecular flexibility index (Phi) is 4.56. The Morgan fingerprint density at radius 2 is 2.21 bits per heavy atom. The second-order valence-corrected chi connectivity index (χ2v) is 7.52. The topological polar surface area (TPSA) is 43.4 Å². The molecule has 3 nitrogen and oxygen atoms in total. The van der Waals surface area contributed by atoms with Gasteiger partial charge in [-0.3, -0.25) is 0 Å². The first kappa shape index (κ1) is 12.2. The van der Waals surface area contributed by atoms with Crippen molar-refractivity contribution in [3.63, 3.8) is 0 Å². The summed E-state index contributed by atoms with van der Waals surface area (Å²) >= 11 is 4.48. The molecule has 0 saturated carbocycles. The first-order valence-electron chi connectivity index (χ1n) is 4.03. The molecule has 0 atom stereocenters. The third kappa shape index (κ3) is 3.34. The van der Waals surface area contributed by atoms with Gasteiger partial charge in [0.25, 0.3) is 0 Å². The van der Waals surface area contributed by atoms with Crippen molar-refractivity contribution in [2.24, 2.45) is 0 Å². The van der Waals surface area contributed by atoms with E-state index in [9.17, 15) is 8.42 Å². The maximum Gasteiger partial charge on any atom is 0.187 e. The van der Waals surface area contributed by atoms with Crippen LogP contribution in [0.2, 0.25) is 0 Å². The van der Waals surface area contributed by atoms with Crippen LogP contribution >= 0.6 is 27.3 Å². The summed E-state index contributed by atoms with van der Waals surface area (Å²) < 4.78 is 29.4. The van der Waals surface area contributed by atoms with Gasteiger partial charge in [-0.1, -0.05) is 0 Å². The molecular formula is C8H11BrO3S2. The van der Waals surface area contributed by atoms with E-state index in [1.807, 2.05) is 0 Å². The van der Waals surface area contributed by atoms with E-state index >= 15 is 0 Å². The van der Waals surface area contributed by atoms with Gasteiger partial charge in [0.15, 0.2) is 9.84 Å². The average Bonchev–Trinajstić information content (AvgIpc) is 2.53. The molecule has 0 bridgehead atoms. The summed E-state index contributed by atoms with van der Waals surface area (Å²) in [6, 6.07) is 3.37. The van der Waals surface area contributed by atoms with E-state index in [-0.39, 0.29) is 5.75 Å². The van der Waals surface area contributed by atoms with Crippen molar-refractivity contribution in [1.29, 1.82) is 0 Å². The minimum Gasteiger partial charge on any atom is -0.385 e. The van der Waals surface area contributed by atoms with Gasteiger partial charge in [-0.25, -0.2) is 8.42 Å². The highest BCUT2D eigenvalue weighted by atomic mass is 79.9. The van der Waals surface area contributed by atoms with Gasteiger partial charge in [0.1, 0.15) is 4.21 Å². The van der Waals surface area contributed by atoms with E-state index < -0.39 is 9.84 Å². The van der Waals surface area contributed by atoms with Crippen LogP contribution in [-0.4, -0.2) is 27.9 Å². The number of sulfone groups is 1. The monoisotopic (exact) mass is 298 g/mol. The number of rotatable bonds is 5. The van der Waals surface area contributed by atoms with Gasteiger partial charge in [0.2, 0.25) is 0 Å². The lowest BCUT2D eigenvalue weighted by Gasteiger charge is -2.00. The van der Waals surface area contributed by atoms with Crippen molar-refractivity contribution >= 4 is 37.1 Å². The highest BCUT2D eigenvalue weighted by Gasteiger charge is 2.15. The molecule has 0 aliphatic carbocycles. The molecule has 14 heavy (non-hydrogen) atoms. The van der Waals surface area contributed by atoms with Crippen LogP contribution in [-0.2, 0) is 14.6 Å². The Morgan fingerprint density at radius 1 is 1.50 bits per heavy atom. The third-order valence-electron chi connectivity index (χ3n) is 1.62. The molecule has 1 heterocycles. The molecule has 0 amide bonds. The molecule has 0 fully saturated rings. The van der Waals surface area contributed by atoms with Gasteiger partial charge in [-0.05, 0) is 34.5 Å². The Bertz CT molecular complexity index is 383. The van der Waals surface area contributed by atoms with Crippen LogP contribution in [0.5, 0.6) is 0 Å². The lowest BCUT2D eigenvalue weighted by Crippen LogP contribution is -2.07. The maximum absolute atomic E-state index is 11.7. The highest BCUT2D eigenvalue weighted by molar-refractivity contribution is 9.11. The van der Waals surface area contributed by atoms with Gasteiger partial charge in [-0.15, -0.1) is 11.3 Å². The Hall–Kier alpha value is 0.0900. The van der Waals surface area contributed by atoms with Crippen LogP contribution in [0, 0.1) is 0 Å². The largest absolute Gasteiger partial charge is 0.385 e. The summed E-state index contributed by atoms with van der Waals surface area (Å²) in [6.07, 6.45) is 0.536. The Balaban J connectivity index is 2.66. The molecule has 0 saturated heterocycles. The fourth-order valence-corrected chi connectivity index (χ4v) is 4.40. The molecular weight excluding hydrogens is 288 g/mol.